The van der Waals surface area contributed by atoms with Crippen molar-refractivity contribution in [3.63, 3.8) is 0 Å². The van der Waals surface area contributed by atoms with Crippen LogP contribution in [0.25, 0.3) is 0 Å². The summed E-state index contributed by atoms with van der Waals surface area (Å²) in [6.07, 6.45) is 40.8. The van der Waals surface area contributed by atoms with Crippen LogP contribution in [0.2, 0.25) is 0 Å². The van der Waals surface area contributed by atoms with E-state index in [0.29, 0.717) is 5.92 Å². The van der Waals surface area contributed by atoms with Crippen LogP contribution < -0.4 is 0 Å². The van der Waals surface area contributed by atoms with Gasteiger partial charge in [-0.05, 0) is 92.3 Å². The summed E-state index contributed by atoms with van der Waals surface area (Å²) in [5.41, 5.74) is 7.51. The maximum atomic E-state index is 4.01. The normalized spacial score (nSPS) is 19.6. The van der Waals surface area contributed by atoms with Crippen LogP contribution >= 0.6 is 0 Å². The molecule has 0 fully saturated rings. The van der Waals surface area contributed by atoms with Crippen molar-refractivity contribution in [2.45, 2.75) is 125 Å². The lowest BCUT2D eigenvalue weighted by molar-refractivity contribution is 0.397. The highest BCUT2D eigenvalue weighted by atomic mass is 14.3. The highest BCUT2D eigenvalue weighted by molar-refractivity contribution is 5.50. The van der Waals surface area contributed by atoms with Crippen molar-refractivity contribution in [3.8, 4) is 0 Å². The van der Waals surface area contributed by atoms with Gasteiger partial charge < -0.3 is 0 Å². The summed E-state index contributed by atoms with van der Waals surface area (Å²) >= 11 is 0. The maximum absolute atomic E-state index is 4.01. The third-order valence-corrected chi connectivity index (χ3v) is 7.98. The maximum Gasteiger partial charge on any atom is -0.00392 e. The molecule has 3 rings (SSSR count). The van der Waals surface area contributed by atoms with Gasteiger partial charge >= 0.3 is 0 Å². The third kappa shape index (κ3) is 14.3. The minimum absolute atomic E-state index is 0.599. The molecule has 3 aliphatic rings. The Morgan fingerprint density at radius 3 is 2.17 bits per heavy atom. The Hall–Kier alpha value is -2.34. The molecule has 0 aromatic heterocycles. The van der Waals surface area contributed by atoms with Crippen LogP contribution in [-0.2, 0) is 0 Å². The minimum Gasteiger partial charge on any atom is -0.0991 e. The van der Waals surface area contributed by atoms with E-state index < -0.39 is 0 Å². The third-order valence-electron chi connectivity index (χ3n) is 7.98. The van der Waals surface area contributed by atoms with E-state index in [2.05, 4.69) is 109 Å². The lowest BCUT2D eigenvalue weighted by Gasteiger charge is -2.22. The summed E-state index contributed by atoms with van der Waals surface area (Å²) in [6, 6.07) is 0. The molecule has 222 valence electrons. The molecule has 0 aromatic rings. The van der Waals surface area contributed by atoms with Crippen molar-refractivity contribution in [3.05, 3.63) is 108 Å². The number of hydrogen-bond acceptors (Lipinski definition) is 0. The predicted molar refractivity (Wildman–Crippen MR) is 184 cm³/mol. The largest absolute Gasteiger partial charge is 0.0991 e. The molecule has 3 aliphatic carbocycles. The Morgan fingerprint density at radius 2 is 1.65 bits per heavy atom. The van der Waals surface area contributed by atoms with E-state index in [1.807, 2.05) is 12.2 Å². The average Bonchev–Trinajstić information content (AvgIpc) is 3.35. The first kappa shape index (κ1) is 35.7. The number of rotatable bonds is 14. The fourth-order valence-electron chi connectivity index (χ4n) is 5.55. The van der Waals surface area contributed by atoms with Crippen LogP contribution in [0, 0.1) is 17.8 Å². The van der Waals surface area contributed by atoms with Gasteiger partial charge in [0.2, 0.25) is 0 Å². The molecule has 0 saturated heterocycles. The molecule has 0 N–H and O–H groups in total. The molecule has 0 radical (unpaired) electrons. The molecule has 0 aliphatic heterocycles. The van der Waals surface area contributed by atoms with Crippen molar-refractivity contribution in [1.29, 1.82) is 0 Å². The van der Waals surface area contributed by atoms with Gasteiger partial charge in [-0.25, -0.2) is 0 Å². The van der Waals surface area contributed by atoms with E-state index >= 15 is 0 Å². The number of unbranched alkanes of at least 4 members (excludes halogenated alkanes) is 1. The van der Waals surface area contributed by atoms with E-state index in [1.54, 1.807) is 11.1 Å². The van der Waals surface area contributed by atoms with Gasteiger partial charge in [0.15, 0.2) is 0 Å². The van der Waals surface area contributed by atoms with E-state index in [9.17, 15) is 0 Å². The average molecular weight is 543 g/mol. The summed E-state index contributed by atoms with van der Waals surface area (Å²) < 4.78 is 0. The lowest BCUT2D eigenvalue weighted by Crippen LogP contribution is -2.07. The number of hydrogen-bond donors (Lipinski definition) is 0. The summed E-state index contributed by atoms with van der Waals surface area (Å²) in [6.45, 7) is 21.4. The monoisotopic (exact) mass is 542 g/mol. The van der Waals surface area contributed by atoms with Gasteiger partial charge in [-0.15, -0.1) is 0 Å². The summed E-state index contributed by atoms with van der Waals surface area (Å²) in [5.74, 6) is 2.14. The highest BCUT2D eigenvalue weighted by Crippen LogP contribution is 2.37. The van der Waals surface area contributed by atoms with Crippen molar-refractivity contribution in [1.82, 2.24) is 0 Å². The van der Waals surface area contributed by atoms with Crippen LogP contribution in [0.4, 0.5) is 0 Å². The molecular weight excluding hydrogens is 480 g/mol. The van der Waals surface area contributed by atoms with Gasteiger partial charge in [-0.1, -0.05) is 158 Å². The topological polar surface area (TPSA) is 0 Å². The molecule has 3 atom stereocenters. The van der Waals surface area contributed by atoms with Gasteiger partial charge in [-0.3, -0.25) is 0 Å². The fraction of sp³-hybridized carbons (Fsp3) is 0.550. The zero-order valence-corrected chi connectivity index (χ0v) is 27.2. The SMILES string of the molecule is C=C/C=C(\CC(CC)CCC(C)CC1=CCCC=C1)C1=C(CCCC)C(C)C=C1.C=CC1=CCCC=C1.CCC. The first-order valence-electron chi connectivity index (χ1n) is 16.5. The second-order valence-electron chi connectivity index (χ2n) is 11.8. The molecule has 0 nitrogen and oxygen atoms in total. The van der Waals surface area contributed by atoms with Gasteiger partial charge in [-0.2, -0.15) is 0 Å². The summed E-state index contributed by atoms with van der Waals surface area (Å²) in [5, 5.41) is 0. The van der Waals surface area contributed by atoms with Crippen LogP contribution in [-0.4, -0.2) is 0 Å². The molecule has 0 bridgehead atoms. The van der Waals surface area contributed by atoms with Gasteiger partial charge in [0, 0.05) is 0 Å². The summed E-state index contributed by atoms with van der Waals surface area (Å²) in [7, 11) is 0. The van der Waals surface area contributed by atoms with Crippen molar-refractivity contribution >= 4 is 0 Å². The highest BCUT2D eigenvalue weighted by Gasteiger charge is 2.21. The Kier molecular flexibility index (Phi) is 19.9. The Morgan fingerprint density at radius 1 is 0.950 bits per heavy atom. The first-order chi connectivity index (χ1) is 19.4. The Labute approximate surface area is 250 Å². The zero-order chi connectivity index (χ0) is 29.6. The fourth-order valence-corrected chi connectivity index (χ4v) is 5.55. The van der Waals surface area contributed by atoms with Crippen LogP contribution in [0.15, 0.2) is 108 Å². The Balaban J connectivity index is 0.000000606. The van der Waals surface area contributed by atoms with E-state index in [1.165, 1.54) is 100 Å². The lowest BCUT2D eigenvalue weighted by atomic mass is 9.84. The molecule has 0 amide bonds. The molecule has 0 spiro atoms. The second-order valence-corrected chi connectivity index (χ2v) is 11.8. The van der Waals surface area contributed by atoms with E-state index in [0.717, 1.165) is 11.8 Å². The molecule has 3 unspecified atom stereocenters. The molecule has 0 heterocycles. The molecular formula is C40H62. The second kappa shape index (κ2) is 22.4. The van der Waals surface area contributed by atoms with Gasteiger partial charge in [0.25, 0.3) is 0 Å². The molecule has 40 heavy (non-hydrogen) atoms. The smallest absolute Gasteiger partial charge is 0.00392 e. The van der Waals surface area contributed by atoms with E-state index in [4.69, 9.17) is 0 Å². The quantitative estimate of drug-likeness (QED) is 0.191. The van der Waals surface area contributed by atoms with Crippen LogP contribution in [0.3, 0.4) is 0 Å². The van der Waals surface area contributed by atoms with E-state index in [-0.39, 0.29) is 0 Å². The van der Waals surface area contributed by atoms with Crippen molar-refractivity contribution in [2.24, 2.45) is 17.8 Å². The van der Waals surface area contributed by atoms with Gasteiger partial charge in [0.05, 0.1) is 0 Å². The first-order valence-corrected chi connectivity index (χ1v) is 16.5. The molecule has 0 saturated carbocycles. The number of allylic oxidation sites excluding steroid dienone is 16. The minimum atomic E-state index is 0.599. The predicted octanol–water partition coefficient (Wildman–Crippen LogP) is 13.2. The van der Waals surface area contributed by atoms with Crippen LogP contribution in [0.1, 0.15) is 125 Å². The Bertz CT molecular complexity index is 939. The summed E-state index contributed by atoms with van der Waals surface area (Å²) in [4.78, 5) is 0. The van der Waals surface area contributed by atoms with Crippen molar-refractivity contribution < 1.29 is 0 Å². The zero-order valence-electron chi connectivity index (χ0n) is 27.2. The van der Waals surface area contributed by atoms with Crippen LogP contribution in [0.5, 0.6) is 0 Å². The van der Waals surface area contributed by atoms with Crippen molar-refractivity contribution in [2.75, 3.05) is 0 Å². The molecule has 0 aromatic carbocycles. The standard InChI is InChI=1S/C29H44.C8H10.C3H8/c1-6-9-16-28-24(5)18-20-29(28)27(13-7-2)22-25(8-3)19-17-23(4)21-26-14-11-10-12-15-26;1-2-8-6-4-3-5-7-8;1-3-2/h7,11,13-15,18,20,23-25H,2,6,8-10,12,16-17,19,21-22H2,1,3-5H3;2,4,6-7H,1,3,5H2;3H2,1-2H3/b27-13+;;. The molecule has 0 heteroatoms. The van der Waals surface area contributed by atoms with Gasteiger partial charge in [0.1, 0.15) is 0 Å².